The van der Waals surface area contributed by atoms with Crippen LogP contribution in [-0.4, -0.2) is 39.2 Å². The number of piperazine rings is 1. The van der Waals surface area contributed by atoms with Crippen molar-refractivity contribution in [2.75, 3.05) is 24.5 Å². The fourth-order valence-electron chi connectivity index (χ4n) is 3.23. The Morgan fingerprint density at radius 3 is 2.68 bits per heavy atom. The molecule has 3 heterocycles. The lowest BCUT2D eigenvalue weighted by Crippen LogP contribution is -2.47. The van der Waals surface area contributed by atoms with Crippen LogP contribution in [0.15, 0.2) is 53.7 Å². The van der Waals surface area contributed by atoms with Gasteiger partial charge in [0.2, 0.25) is 5.95 Å². The van der Waals surface area contributed by atoms with E-state index in [1.165, 1.54) is 12.4 Å². The van der Waals surface area contributed by atoms with Crippen LogP contribution in [0.5, 0.6) is 0 Å². The zero-order valence-electron chi connectivity index (χ0n) is 15.2. The molecule has 1 aliphatic heterocycles. The fraction of sp³-hybridized carbons (Fsp3) is 0.263. The van der Waals surface area contributed by atoms with Gasteiger partial charge in [-0.1, -0.05) is 23.7 Å². The van der Waals surface area contributed by atoms with Crippen LogP contribution in [0.25, 0.3) is 11.4 Å². The lowest BCUT2D eigenvalue weighted by Gasteiger charge is -2.35. The number of halogens is 2. The predicted molar refractivity (Wildman–Crippen MR) is 112 cm³/mol. The first-order valence-electron chi connectivity index (χ1n) is 8.70. The Hall–Kier alpha value is -2.48. The molecule has 28 heavy (non-hydrogen) atoms. The lowest BCUT2D eigenvalue weighted by atomic mass is 10.0. The lowest BCUT2D eigenvalue weighted by molar-refractivity contribution is 0.462. The van der Waals surface area contributed by atoms with Gasteiger partial charge >= 0.3 is 0 Å². The van der Waals surface area contributed by atoms with E-state index in [0.717, 1.165) is 18.7 Å². The van der Waals surface area contributed by atoms with Gasteiger partial charge in [-0.15, -0.1) is 12.4 Å². The number of hydrogen-bond donors (Lipinski definition) is 1. The quantitative estimate of drug-likeness (QED) is 0.703. The number of nitrogens with zero attached hydrogens (tertiary/aromatic N) is 5. The number of anilines is 1. The molecular weight excluding hydrogens is 399 g/mol. The van der Waals surface area contributed by atoms with Gasteiger partial charge in [0.25, 0.3) is 5.56 Å². The summed E-state index contributed by atoms with van der Waals surface area (Å²) in [6.45, 7) is 2.26. The Morgan fingerprint density at radius 1 is 1.18 bits per heavy atom. The molecular formula is C19H20Cl2N6O. The summed E-state index contributed by atoms with van der Waals surface area (Å²) in [5, 5.41) is 4.23. The Balaban J connectivity index is 0.00000225. The van der Waals surface area contributed by atoms with Gasteiger partial charge in [-0.05, 0) is 23.8 Å². The molecule has 1 aliphatic rings. The Morgan fingerprint density at radius 2 is 1.96 bits per heavy atom. The molecule has 3 aromatic rings. The van der Waals surface area contributed by atoms with Crippen LogP contribution in [-0.2, 0) is 7.05 Å². The summed E-state index contributed by atoms with van der Waals surface area (Å²) < 4.78 is 1.58. The van der Waals surface area contributed by atoms with Crippen LogP contribution in [0.2, 0.25) is 5.02 Å². The molecule has 0 aliphatic carbocycles. The average Bonchev–Trinajstić information content (AvgIpc) is 2.71. The largest absolute Gasteiger partial charge is 0.339 e. The number of aromatic nitrogens is 4. The second kappa shape index (κ2) is 8.68. The molecule has 0 saturated carbocycles. The van der Waals surface area contributed by atoms with Gasteiger partial charge < -0.3 is 10.2 Å². The van der Waals surface area contributed by atoms with Crippen molar-refractivity contribution in [1.29, 1.82) is 0 Å². The Kier molecular flexibility index (Phi) is 6.28. The minimum absolute atomic E-state index is 0. The first-order chi connectivity index (χ1) is 13.1. The highest BCUT2D eigenvalue weighted by Crippen LogP contribution is 2.23. The van der Waals surface area contributed by atoms with Crippen molar-refractivity contribution in [3.63, 3.8) is 0 Å². The topological polar surface area (TPSA) is 75.9 Å². The smallest absolute Gasteiger partial charge is 0.255 e. The molecule has 0 spiro atoms. The monoisotopic (exact) mass is 418 g/mol. The van der Waals surface area contributed by atoms with Crippen LogP contribution >= 0.6 is 24.0 Å². The van der Waals surface area contributed by atoms with E-state index in [0.29, 0.717) is 28.9 Å². The maximum atomic E-state index is 12.5. The number of benzene rings is 1. The summed E-state index contributed by atoms with van der Waals surface area (Å²) in [6.07, 6.45) is 3.10. The van der Waals surface area contributed by atoms with Gasteiger partial charge in [0.15, 0.2) is 0 Å². The third kappa shape index (κ3) is 4.16. The van der Waals surface area contributed by atoms with Crippen molar-refractivity contribution in [1.82, 2.24) is 24.8 Å². The zero-order chi connectivity index (χ0) is 18.8. The summed E-state index contributed by atoms with van der Waals surface area (Å²) in [5.74, 6) is 0.636. The molecule has 4 rings (SSSR count). The third-order valence-electron chi connectivity index (χ3n) is 4.69. The highest BCUT2D eigenvalue weighted by atomic mass is 35.5. The number of rotatable bonds is 3. The molecule has 1 fully saturated rings. The molecule has 0 amide bonds. The zero-order valence-corrected chi connectivity index (χ0v) is 16.8. The first kappa shape index (κ1) is 20.3. The van der Waals surface area contributed by atoms with E-state index in [1.54, 1.807) is 23.9 Å². The van der Waals surface area contributed by atoms with Gasteiger partial charge in [-0.25, -0.2) is 15.0 Å². The molecule has 1 aromatic carbocycles. The number of hydrogen-bond acceptors (Lipinski definition) is 6. The van der Waals surface area contributed by atoms with Gasteiger partial charge in [0.05, 0.1) is 11.4 Å². The van der Waals surface area contributed by atoms with Crippen LogP contribution < -0.4 is 15.8 Å². The molecule has 0 unspecified atom stereocenters. The van der Waals surface area contributed by atoms with E-state index in [1.807, 2.05) is 24.3 Å². The molecule has 1 N–H and O–H groups in total. The summed E-state index contributed by atoms with van der Waals surface area (Å²) in [6, 6.07) is 11.2. The first-order valence-corrected chi connectivity index (χ1v) is 9.08. The van der Waals surface area contributed by atoms with Crippen molar-refractivity contribution >= 4 is 30.0 Å². The van der Waals surface area contributed by atoms with Crippen molar-refractivity contribution in [2.24, 2.45) is 7.05 Å². The molecule has 9 heteroatoms. The second-order valence-electron chi connectivity index (χ2n) is 6.44. The van der Waals surface area contributed by atoms with E-state index >= 15 is 0 Å². The molecule has 0 radical (unpaired) electrons. The normalized spacial score (nSPS) is 16.5. The Labute approximate surface area is 173 Å². The van der Waals surface area contributed by atoms with Crippen LogP contribution in [0.4, 0.5) is 5.95 Å². The van der Waals surface area contributed by atoms with Gasteiger partial charge in [0.1, 0.15) is 6.33 Å². The van der Waals surface area contributed by atoms with E-state index in [2.05, 4.69) is 20.2 Å². The third-order valence-corrected chi connectivity index (χ3v) is 4.94. The summed E-state index contributed by atoms with van der Waals surface area (Å²) >= 11 is 6.00. The molecule has 2 aromatic heterocycles. The summed E-state index contributed by atoms with van der Waals surface area (Å²) in [7, 11) is 1.74. The van der Waals surface area contributed by atoms with Crippen molar-refractivity contribution in [3.8, 4) is 11.4 Å². The van der Waals surface area contributed by atoms with Crippen molar-refractivity contribution in [2.45, 2.75) is 6.04 Å². The van der Waals surface area contributed by atoms with E-state index in [-0.39, 0.29) is 24.0 Å². The van der Waals surface area contributed by atoms with Gasteiger partial charge in [-0.2, -0.15) is 0 Å². The average molecular weight is 419 g/mol. The molecule has 146 valence electrons. The number of nitrogens with one attached hydrogen (secondary N) is 1. The van der Waals surface area contributed by atoms with E-state index < -0.39 is 0 Å². The van der Waals surface area contributed by atoms with Crippen LogP contribution in [0, 0.1) is 0 Å². The Bertz CT molecular complexity index is 994. The van der Waals surface area contributed by atoms with Crippen molar-refractivity contribution < 1.29 is 0 Å². The maximum absolute atomic E-state index is 12.5. The molecule has 7 nitrogen and oxygen atoms in total. The van der Waals surface area contributed by atoms with Crippen LogP contribution in [0.3, 0.4) is 0 Å². The van der Waals surface area contributed by atoms with Gasteiger partial charge in [-0.3, -0.25) is 9.36 Å². The van der Waals surface area contributed by atoms with Gasteiger partial charge in [0, 0.05) is 50.0 Å². The maximum Gasteiger partial charge on any atom is 0.255 e. The molecule has 1 atom stereocenters. The highest BCUT2D eigenvalue weighted by molar-refractivity contribution is 6.30. The minimum Gasteiger partial charge on any atom is -0.339 e. The minimum atomic E-state index is -0.116. The highest BCUT2D eigenvalue weighted by Gasteiger charge is 2.24. The standard InChI is InChI=1S/C19H19ClN6O.ClH/c1-25-18(27)10-16(15-6-7-21-12-23-15)24-19(25)26-9-8-22-17(11-26)13-2-4-14(20)5-3-13;/h2-7,10,12,17,22H,8-9,11H2,1H3;1H/t17-;/m0./s1. The SMILES string of the molecule is Cl.Cn1c(N2CCN[C@H](c3ccc(Cl)cc3)C2)nc(-c2ccncn2)cc1=O. The van der Waals surface area contributed by atoms with Crippen molar-refractivity contribution in [3.05, 3.63) is 69.9 Å². The molecule has 0 bridgehead atoms. The van der Waals surface area contributed by atoms with Crippen LogP contribution in [0.1, 0.15) is 11.6 Å². The van der Waals surface area contributed by atoms with E-state index in [4.69, 9.17) is 16.6 Å². The molecule has 1 saturated heterocycles. The summed E-state index contributed by atoms with van der Waals surface area (Å²) in [5.41, 5.74) is 2.22. The van der Waals surface area contributed by atoms with E-state index in [9.17, 15) is 4.79 Å². The summed E-state index contributed by atoms with van der Waals surface area (Å²) in [4.78, 5) is 27.5. The second-order valence-corrected chi connectivity index (χ2v) is 6.87. The fourth-order valence-corrected chi connectivity index (χ4v) is 3.36. The predicted octanol–water partition coefficient (Wildman–Crippen LogP) is 2.46.